The van der Waals surface area contributed by atoms with Gasteiger partial charge in [-0.1, -0.05) is 12.1 Å². The van der Waals surface area contributed by atoms with Crippen LogP contribution in [-0.4, -0.2) is 36.0 Å². The van der Waals surface area contributed by atoms with Crippen molar-refractivity contribution in [3.63, 3.8) is 0 Å². The molecule has 1 aromatic heterocycles. The van der Waals surface area contributed by atoms with Crippen LogP contribution in [0.4, 0.5) is 5.69 Å². The Hall–Kier alpha value is -2.63. The lowest BCUT2D eigenvalue weighted by molar-refractivity contribution is 0.0949. The van der Waals surface area contributed by atoms with Crippen molar-refractivity contribution in [1.82, 2.24) is 15.2 Å². The van der Waals surface area contributed by atoms with E-state index in [0.717, 1.165) is 11.3 Å². The normalized spacial score (nSPS) is 10.8. The Kier molecular flexibility index (Phi) is 4.14. The smallest absolute Gasteiger partial charge is 0.291 e. The molecule has 0 fully saturated rings. The van der Waals surface area contributed by atoms with Gasteiger partial charge in [0.2, 0.25) is 0 Å². The zero-order valence-electron chi connectivity index (χ0n) is 11.7. The first kappa shape index (κ1) is 13.8. The van der Waals surface area contributed by atoms with Crippen molar-refractivity contribution in [1.29, 1.82) is 0 Å². The number of carbonyl (C=O) groups is 1. The van der Waals surface area contributed by atoms with Gasteiger partial charge in [-0.15, -0.1) is 0 Å². The summed E-state index contributed by atoms with van der Waals surface area (Å²) in [5.74, 6) is -0.327. The lowest BCUT2D eigenvalue weighted by Gasteiger charge is -2.11. The Labute approximate surface area is 117 Å². The van der Waals surface area contributed by atoms with Gasteiger partial charge in [-0.05, 0) is 23.8 Å². The van der Waals surface area contributed by atoms with Crippen LogP contribution in [-0.2, 0) is 7.05 Å². The van der Waals surface area contributed by atoms with Crippen LogP contribution in [0.1, 0.15) is 16.1 Å². The van der Waals surface area contributed by atoms with Crippen molar-refractivity contribution in [2.24, 2.45) is 12.1 Å². The van der Waals surface area contributed by atoms with Crippen molar-refractivity contribution in [2.75, 3.05) is 19.0 Å². The van der Waals surface area contributed by atoms with Gasteiger partial charge in [0.05, 0.1) is 6.21 Å². The summed E-state index contributed by atoms with van der Waals surface area (Å²) in [6.45, 7) is 0. The van der Waals surface area contributed by atoms with Gasteiger partial charge < -0.3 is 4.90 Å². The average molecular weight is 271 g/mol. The molecule has 0 saturated heterocycles. The second kappa shape index (κ2) is 6.01. The molecule has 0 radical (unpaired) electrons. The molecule has 0 aliphatic carbocycles. The summed E-state index contributed by atoms with van der Waals surface area (Å²) < 4.78 is 1.57. The standard InChI is InChI=1S/C14H17N5O/c1-18(2)12-6-4-11(5-7-12)10-15-16-14(20)13-8-9-19(3)17-13/h4-10H,1-3H3,(H,16,20)/b15-10-. The van der Waals surface area contributed by atoms with Gasteiger partial charge in [0.25, 0.3) is 5.91 Å². The van der Waals surface area contributed by atoms with E-state index >= 15 is 0 Å². The van der Waals surface area contributed by atoms with Crippen LogP contribution in [0.5, 0.6) is 0 Å². The number of benzene rings is 1. The van der Waals surface area contributed by atoms with Gasteiger partial charge in [0.1, 0.15) is 0 Å². The third kappa shape index (κ3) is 3.44. The predicted octanol–water partition coefficient (Wildman–Crippen LogP) is 1.25. The number of hydrogen-bond acceptors (Lipinski definition) is 4. The summed E-state index contributed by atoms with van der Waals surface area (Å²) >= 11 is 0. The van der Waals surface area contributed by atoms with Crippen molar-refractivity contribution in [3.05, 3.63) is 47.8 Å². The second-order valence-electron chi connectivity index (χ2n) is 4.56. The molecule has 104 valence electrons. The first-order chi connectivity index (χ1) is 9.56. The van der Waals surface area contributed by atoms with E-state index in [1.54, 1.807) is 30.2 Å². The molecule has 1 N–H and O–H groups in total. The van der Waals surface area contributed by atoms with Gasteiger partial charge in [-0.2, -0.15) is 10.2 Å². The molecule has 0 aliphatic rings. The molecule has 0 spiro atoms. The zero-order chi connectivity index (χ0) is 14.5. The van der Waals surface area contributed by atoms with Crippen molar-refractivity contribution >= 4 is 17.8 Å². The van der Waals surface area contributed by atoms with Crippen LogP contribution in [0.3, 0.4) is 0 Å². The van der Waals surface area contributed by atoms with E-state index in [2.05, 4.69) is 15.6 Å². The zero-order valence-corrected chi connectivity index (χ0v) is 11.7. The summed E-state index contributed by atoms with van der Waals surface area (Å²) in [5.41, 5.74) is 4.81. The Bertz CT molecular complexity index is 613. The van der Waals surface area contributed by atoms with E-state index < -0.39 is 0 Å². The van der Waals surface area contributed by atoms with E-state index in [1.807, 2.05) is 43.3 Å². The number of anilines is 1. The molecule has 0 unspecified atom stereocenters. The molecule has 0 aliphatic heterocycles. The number of nitrogens with one attached hydrogen (secondary N) is 1. The Morgan fingerprint density at radius 3 is 2.55 bits per heavy atom. The average Bonchev–Trinajstić information content (AvgIpc) is 2.86. The number of aryl methyl sites for hydroxylation is 1. The third-order valence-corrected chi connectivity index (χ3v) is 2.74. The molecule has 0 atom stereocenters. The Morgan fingerprint density at radius 2 is 2.00 bits per heavy atom. The van der Waals surface area contributed by atoms with Crippen LogP contribution in [0.25, 0.3) is 0 Å². The maximum atomic E-state index is 11.7. The van der Waals surface area contributed by atoms with Crippen LogP contribution < -0.4 is 10.3 Å². The maximum Gasteiger partial charge on any atom is 0.291 e. The molecule has 0 bridgehead atoms. The highest BCUT2D eigenvalue weighted by Gasteiger charge is 2.06. The number of amides is 1. The minimum atomic E-state index is -0.327. The van der Waals surface area contributed by atoms with E-state index in [1.165, 1.54) is 0 Å². The lowest BCUT2D eigenvalue weighted by Crippen LogP contribution is -2.18. The van der Waals surface area contributed by atoms with Crippen LogP contribution >= 0.6 is 0 Å². The SMILES string of the molecule is CN(C)c1ccc(/C=N\NC(=O)c2ccn(C)n2)cc1. The van der Waals surface area contributed by atoms with Crippen molar-refractivity contribution < 1.29 is 4.79 Å². The fourth-order valence-electron chi connectivity index (χ4n) is 1.62. The summed E-state index contributed by atoms with van der Waals surface area (Å²) in [4.78, 5) is 13.7. The minimum absolute atomic E-state index is 0.327. The first-order valence-electron chi connectivity index (χ1n) is 6.17. The van der Waals surface area contributed by atoms with E-state index in [9.17, 15) is 4.79 Å². The predicted molar refractivity (Wildman–Crippen MR) is 79.0 cm³/mol. The molecule has 1 amide bonds. The highest BCUT2D eigenvalue weighted by atomic mass is 16.2. The molecule has 2 rings (SSSR count). The fraction of sp³-hybridized carbons (Fsp3) is 0.214. The summed E-state index contributed by atoms with van der Waals surface area (Å²) in [7, 11) is 5.72. The molecule has 20 heavy (non-hydrogen) atoms. The summed E-state index contributed by atoms with van der Waals surface area (Å²) in [6.07, 6.45) is 3.30. The van der Waals surface area contributed by atoms with Crippen molar-refractivity contribution in [2.45, 2.75) is 0 Å². The number of hydrazone groups is 1. The molecule has 1 heterocycles. The Balaban J connectivity index is 1.94. The molecule has 2 aromatic rings. The number of nitrogens with zero attached hydrogens (tertiary/aromatic N) is 4. The molecule has 0 saturated carbocycles. The number of rotatable bonds is 4. The molecular weight excluding hydrogens is 254 g/mol. The molecular formula is C14H17N5O. The van der Waals surface area contributed by atoms with Crippen LogP contribution in [0.2, 0.25) is 0 Å². The minimum Gasteiger partial charge on any atom is -0.378 e. The second-order valence-corrected chi connectivity index (χ2v) is 4.56. The molecule has 6 heteroatoms. The number of carbonyl (C=O) groups excluding carboxylic acids is 1. The summed E-state index contributed by atoms with van der Waals surface area (Å²) in [6, 6.07) is 9.48. The van der Waals surface area contributed by atoms with Crippen LogP contribution in [0, 0.1) is 0 Å². The van der Waals surface area contributed by atoms with E-state index in [-0.39, 0.29) is 5.91 Å². The lowest BCUT2D eigenvalue weighted by atomic mass is 10.2. The molecule has 1 aromatic carbocycles. The van der Waals surface area contributed by atoms with Gasteiger partial charge in [-0.3, -0.25) is 9.48 Å². The van der Waals surface area contributed by atoms with Gasteiger partial charge in [0, 0.05) is 33.0 Å². The quantitative estimate of drug-likeness (QED) is 0.672. The van der Waals surface area contributed by atoms with Gasteiger partial charge in [0.15, 0.2) is 5.69 Å². The highest BCUT2D eigenvalue weighted by molar-refractivity contribution is 5.93. The third-order valence-electron chi connectivity index (χ3n) is 2.74. The maximum absolute atomic E-state index is 11.7. The highest BCUT2D eigenvalue weighted by Crippen LogP contribution is 2.10. The van der Waals surface area contributed by atoms with Crippen molar-refractivity contribution in [3.8, 4) is 0 Å². The monoisotopic (exact) mass is 271 g/mol. The Morgan fingerprint density at radius 1 is 1.30 bits per heavy atom. The summed E-state index contributed by atoms with van der Waals surface area (Å²) in [5, 5.41) is 7.91. The van der Waals surface area contributed by atoms with E-state index in [0.29, 0.717) is 5.69 Å². The largest absolute Gasteiger partial charge is 0.378 e. The topological polar surface area (TPSA) is 62.5 Å². The van der Waals surface area contributed by atoms with Gasteiger partial charge in [-0.25, -0.2) is 5.43 Å². The van der Waals surface area contributed by atoms with Gasteiger partial charge >= 0.3 is 0 Å². The first-order valence-corrected chi connectivity index (χ1v) is 6.17. The number of aromatic nitrogens is 2. The van der Waals surface area contributed by atoms with Crippen LogP contribution in [0.15, 0.2) is 41.6 Å². The fourth-order valence-corrected chi connectivity index (χ4v) is 1.62. The van der Waals surface area contributed by atoms with E-state index in [4.69, 9.17) is 0 Å². The molecule has 6 nitrogen and oxygen atoms in total. The number of hydrogen-bond donors (Lipinski definition) is 1.